The number of rotatable bonds is 7. The molecule has 0 spiro atoms. The maximum Gasteiger partial charge on any atom is 0.264 e. The van der Waals surface area contributed by atoms with Gasteiger partial charge in [0.25, 0.3) is 15.9 Å². The van der Waals surface area contributed by atoms with Crippen LogP contribution in [0.1, 0.15) is 16.7 Å². The van der Waals surface area contributed by atoms with Gasteiger partial charge in [-0.1, -0.05) is 42.0 Å². The smallest absolute Gasteiger partial charge is 0.264 e. The van der Waals surface area contributed by atoms with Crippen LogP contribution >= 0.6 is 0 Å². The molecule has 3 aromatic rings. The zero-order chi connectivity index (χ0) is 24.3. The van der Waals surface area contributed by atoms with Crippen LogP contribution in [0.3, 0.4) is 0 Å². The Bertz CT molecular complexity index is 1290. The van der Waals surface area contributed by atoms with E-state index in [1.807, 2.05) is 51.1 Å². The van der Waals surface area contributed by atoms with Crippen molar-refractivity contribution in [2.45, 2.75) is 31.8 Å². The minimum atomic E-state index is -3.89. The van der Waals surface area contributed by atoms with Gasteiger partial charge < -0.3 is 14.8 Å². The van der Waals surface area contributed by atoms with Crippen LogP contribution in [0.4, 0.5) is 5.69 Å². The Balaban J connectivity index is 1.50. The molecular formula is C26H28N2O5S. The van der Waals surface area contributed by atoms with Gasteiger partial charge in [-0.05, 0) is 62.2 Å². The lowest BCUT2D eigenvalue weighted by Gasteiger charge is -2.35. The van der Waals surface area contributed by atoms with Crippen LogP contribution in [0.25, 0.3) is 0 Å². The normalized spacial score (nSPS) is 15.3. The molecule has 1 aliphatic rings. The van der Waals surface area contributed by atoms with Crippen molar-refractivity contribution in [3.8, 4) is 11.5 Å². The fourth-order valence-electron chi connectivity index (χ4n) is 3.73. The summed E-state index contributed by atoms with van der Waals surface area (Å²) in [5.41, 5.74) is 3.28. The number of hydrogen-bond donors (Lipinski definition) is 1. The van der Waals surface area contributed by atoms with Crippen LogP contribution in [-0.4, -0.2) is 40.1 Å². The molecule has 0 saturated heterocycles. The SMILES string of the molecule is Cc1ccc(S(=O)(=O)N2C[C@@H](C(=O)NCCOc3ccccc3C)Oc3ccc(C)cc32)cc1. The lowest BCUT2D eigenvalue weighted by atomic mass is 10.1. The second kappa shape index (κ2) is 9.77. The summed E-state index contributed by atoms with van der Waals surface area (Å²) in [6, 6.07) is 19.6. The highest BCUT2D eigenvalue weighted by molar-refractivity contribution is 7.92. The third kappa shape index (κ3) is 5.02. The molecule has 1 atom stereocenters. The molecule has 3 aromatic carbocycles. The molecule has 34 heavy (non-hydrogen) atoms. The average Bonchev–Trinajstić information content (AvgIpc) is 2.82. The number of nitrogens with zero attached hydrogens (tertiary/aromatic N) is 1. The molecule has 0 fully saturated rings. The lowest BCUT2D eigenvalue weighted by molar-refractivity contribution is -0.127. The minimum Gasteiger partial charge on any atom is -0.491 e. The Morgan fingerprint density at radius 2 is 1.74 bits per heavy atom. The summed E-state index contributed by atoms with van der Waals surface area (Å²) >= 11 is 0. The summed E-state index contributed by atoms with van der Waals surface area (Å²) in [7, 11) is -3.89. The lowest BCUT2D eigenvalue weighted by Crippen LogP contribution is -2.51. The number of ether oxygens (including phenoxy) is 2. The van der Waals surface area contributed by atoms with Gasteiger partial charge in [0.1, 0.15) is 18.1 Å². The molecule has 0 radical (unpaired) electrons. The second-order valence-corrected chi connectivity index (χ2v) is 10.2. The number of fused-ring (bicyclic) bond motifs is 1. The molecule has 0 unspecified atom stereocenters. The first kappa shape index (κ1) is 23.6. The summed E-state index contributed by atoms with van der Waals surface area (Å²) in [6.07, 6.45) is -0.992. The van der Waals surface area contributed by atoms with Crippen molar-refractivity contribution in [3.05, 3.63) is 83.4 Å². The molecule has 1 heterocycles. The number of anilines is 1. The quantitative estimate of drug-likeness (QED) is 0.521. The molecule has 4 rings (SSSR count). The van der Waals surface area contributed by atoms with Crippen LogP contribution < -0.4 is 19.1 Å². The Kier molecular flexibility index (Phi) is 6.79. The minimum absolute atomic E-state index is 0.128. The van der Waals surface area contributed by atoms with Crippen molar-refractivity contribution < 1.29 is 22.7 Å². The zero-order valence-corrected chi connectivity index (χ0v) is 20.3. The number of para-hydroxylation sites is 1. The van der Waals surface area contributed by atoms with Crippen LogP contribution in [0.2, 0.25) is 0 Å². The van der Waals surface area contributed by atoms with Gasteiger partial charge >= 0.3 is 0 Å². The van der Waals surface area contributed by atoms with Crippen molar-refractivity contribution in [3.63, 3.8) is 0 Å². The molecule has 0 aliphatic carbocycles. The van der Waals surface area contributed by atoms with Crippen LogP contribution in [0.15, 0.2) is 71.6 Å². The average molecular weight is 481 g/mol. The largest absolute Gasteiger partial charge is 0.491 e. The van der Waals surface area contributed by atoms with E-state index in [4.69, 9.17) is 9.47 Å². The first-order valence-electron chi connectivity index (χ1n) is 11.1. The fourth-order valence-corrected chi connectivity index (χ4v) is 5.20. The van der Waals surface area contributed by atoms with Gasteiger partial charge in [-0.25, -0.2) is 8.42 Å². The summed E-state index contributed by atoms with van der Waals surface area (Å²) in [5, 5.41) is 2.79. The number of aryl methyl sites for hydroxylation is 3. The van der Waals surface area contributed by atoms with Crippen LogP contribution in [-0.2, 0) is 14.8 Å². The first-order chi connectivity index (χ1) is 16.3. The number of benzene rings is 3. The van der Waals surface area contributed by atoms with Gasteiger partial charge in [0.2, 0.25) is 0 Å². The Hall–Kier alpha value is -3.52. The van der Waals surface area contributed by atoms with Crippen molar-refractivity contribution in [2.75, 3.05) is 24.0 Å². The molecule has 1 aliphatic heterocycles. The van der Waals surface area contributed by atoms with E-state index >= 15 is 0 Å². The molecule has 0 saturated carbocycles. The number of amides is 1. The van der Waals surface area contributed by atoms with Gasteiger partial charge in [-0.15, -0.1) is 0 Å². The predicted octanol–water partition coefficient (Wildman–Crippen LogP) is 3.76. The summed E-state index contributed by atoms with van der Waals surface area (Å²) in [5.74, 6) is 0.706. The maximum atomic E-state index is 13.5. The fraction of sp³-hybridized carbons (Fsp3) is 0.269. The third-order valence-electron chi connectivity index (χ3n) is 5.64. The van der Waals surface area contributed by atoms with E-state index in [-0.39, 0.29) is 24.6 Å². The highest BCUT2D eigenvalue weighted by Gasteiger charge is 2.37. The molecule has 8 heteroatoms. The summed E-state index contributed by atoms with van der Waals surface area (Å²) in [6.45, 7) is 6.14. The summed E-state index contributed by atoms with van der Waals surface area (Å²) in [4.78, 5) is 13.1. The van der Waals surface area contributed by atoms with E-state index in [9.17, 15) is 13.2 Å². The molecule has 1 amide bonds. The number of hydrogen-bond acceptors (Lipinski definition) is 5. The predicted molar refractivity (Wildman–Crippen MR) is 131 cm³/mol. The third-order valence-corrected chi connectivity index (χ3v) is 7.43. The topological polar surface area (TPSA) is 84.9 Å². The first-order valence-corrected chi connectivity index (χ1v) is 12.5. The zero-order valence-electron chi connectivity index (χ0n) is 19.4. The molecule has 0 bridgehead atoms. The van der Waals surface area contributed by atoms with Crippen molar-refractivity contribution in [2.24, 2.45) is 0 Å². The second-order valence-electron chi connectivity index (χ2n) is 8.33. The van der Waals surface area contributed by atoms with Crippen LogP contribution in [0, 0.1) is 20.8 Å². The van der Waals surface area contributed by atoms with Crippen molar-refractivity contribution in [1.82, 2.24) is 5.32 Å². The van der Waals surface area contributed by atoms with Crippen LogP contribution in [0.5, 0.6) is 11.5 Å². The van der Waals surface area contributed by atoms with E-state index in [1.54, 1.807) is 36.4 Å². The number of sulfonamides is 1. The van der Waals surface area contributed by atoms with Gasteiger partial charge in [0.05, 0.1) is 23.7 Å². The Morgan fingerprint density at radius 1 is 1.03 bits per heavy atom. The highest BCUT2D eigenvalue weighted by atomic mass is 32.2. The molecular weight excluding hydrogens is 452 g/mol. The Labute approximate surface area is 200 Å². The number of carbonyl (C=O) groups is 1. The number of carbonyl (C=O) groups excluding carboxylic acids is 1. The van der Waals surface area contributed by atoms with E-state index in [2.05, 4.69) is 5.32 Å². The van der Waals surface area contributed by atoms with E-state index < -0.39 is 22.0 Å². The van der Waals surface area contributed by atoms with Gasteiger partial charge in [0, 0.05) is 0 Å². The Morgan fingerprint density at radius 3 is 2.47 bits per heavy atom. The van der Waals surface area contributed by atoms with Crippen molar-refractivity contribution >= 4 is 21.6 Å². The maximum absolute atomic E-state index is 13.5. The van der Waals surface area contributed by atoms with Gasteiger partial charge in [-0.3, -0.25) is 9.10 Å². The van der Waals surface area contributed by atoms with E-state index in [0.29, 0.717) is 11.4 Å². The number of nitrogens with one attached hydrogen (secondary N) is 1. The van der Waals surface area contributed by atoms with E-state index in [0.717, 1.165) is 22.4 Å². The standard InChI is InChI=1S/C26H28N2O5S/c1-18-8-11-21(12-9-18)34(30,31)28-17-25(33-24-13-10-19(2)16-22(24)28)26(29)27-14-15-32-23-7-5-4-6-20(23)3/h4-13,16,25H,14-15,17H2,1-3H3,(H,27,29)/t25-/m0/s1. The molecule has 1 N–H and O–H groups in total. The van der Waals surface area contributed by atoms with Crippen molar-refractivity contribution in [1.29, 1.82) is 0 Å². The van der Waals surface area contributed by atoms with Gasteiger partial charge in [0.15, 0.2) is 6.10 Å². The molecule has 7 nitrogen and oxygen atoms in total. The molecule has 178 valence electrons. The van der Waals surface area contributed by atoms with Gasteiger partial charge in [-0.2, -0.15) is 0 Å². The highest BCUT2D eigenvalue weighted by Crippen LogP contribution is 2.37. The van der Waals surface area contributed by atoms with E-state index in [1.165, 1.54) is 4.31 Å². The summed E-state index contributed by atoms with van der Waals surface area (Å²) < 4.78 is 39.9. The molecule has 0 aromatic heterocycles. The monoisotopic (exact) mass is 480 g/mol.